The highest BCUT2D eigenvalue weighted by Gasteiger charge is 2.51. The van der Waals surface area contributed by atoms with Crippen LogP contribution in [0, 0.1) is 11.8 Å². The van der Waals surface area contributed by atoms with Crippen molar-refractivity contribution in [3.05, 3.63) is 0 Å². The van der Waals surface area contributed by atoms with E-state index in [9.17, 15) is 19.2 Å². The Morgan fingerprint density at radius 3 is 1.30 bits per heavy atom. The first kappa shape index (κ1) is 15.8. The minimum Gasteiger partial charge on any atom is -0.342 e. The van der Waals surface area contributed by atoms with Crippen molar-refractivity contribution in [3.8, 4) is 0 Å². The molecular formula is C15H22N4O4. The van der Waals surface area contributed by atoms with Crippen molar-refractivity contribution >= 4 is 24.6 Å². The normalized spacial score (nSPS) is 27.7. The standard InChI is InChI=1S/C15H22N4O4/c20-10-16-1-5-18(6-2-16)14(22)12-9-13(12)15(23)19-7-3-17(11-21)4-8-19/h10-13H,1-9H2. The smallest absolute Gasteiger partial charge is 0.226 e. The van der Waals surface area contributed by atoms with Gasteiger partial charge in [0, 0.05) is 52.4 Å². The van der Waals surface area contributed by atoms with Crippen LogP contribution in [-0.2, 0) is 19.2 Å². The van der Waals surface area contributed by atoms with Crippen molar-refractivity contribution in [2.24, 2.45) is 11.8 Å². The molecule has 0 aromatic rings. The van der Waals surface area contributed by atoms with Crippen LogP contribution in [0.1, 0.15) is 6.42 Å². The number of rotatable bonds is 4. The maximum absolute atomic E-state index is 12.4. The highest BCUT2D eigenvalue weighted by atomic mass is 16.2. The molecule has 2 aliphatic heterocycles. The van der Waals surface area contributed by atoms with Gasteiger partial charge in [0.05, 0.1) is 11.8 Å². The van der Waals surface area contributed by atoms with Gasteiger partial charge in [-0.2, -0.15) is 0 Å². The fourth-order valence-corrected chi connectivity index (χ4v) is 3.31. The molecule has 0 N–H and O–H groups in total. The van der Waals surface area contributed by atoms with Gasteiger partial charge in [-0.25, -0.2) is 0 Å². The maximum Gasteiger partial charge on any atom is 0.226 e. The van der Waals surface area contributed by atoms with E-state index in [0.29, 0.717) is 58.8 Å². The maximum atomic E-state index is 12.4. The van der Waals surface area contributed by atoms with Crippen molar-refractivity contribution in [3.63, 3.8) is 0 Å². The number of hydrogen-bond acceptors (Lipinski definition) is 4. The molecule has 3 aliphatic rings. The van der Waals surface area contributed by atoms with Gasteiger partial charge >= 0.3 is 0 Å². The van der Waals surface area contributed by atoms with Crippen LogP contribution in [0.3, 0.4) is 0 Å². The van der Waals surface area contributed by atoms with Crippen molar-refractivity contribution in [1.29, 1.82) is 0 Å². The molecule has 0 bridgehead atoms. The molecule has 23 heavy (non-hydrogen) atoms. The molecule has 0 aromatic carbocycles. The average Bonchev–Trinajstić information content (AvgIpc) is 3.41. The third kappa shape index (κ3) is 3.30. The van der Waals surface area contributed by atoms with Gasteiger partial charge in [-0.15, -0.1) is 0 Å². The lowest BCUT2D eigenvalue weighted by molar-refractivity contribution is -0.140. The molecule has 0 radical (unpaired) electrons. The van der Waals surface area contributed by atoms with Crippen molar-refractivity contribution in [1.82, 2.24) is 19.6 Å². The van der Waals surface area contributed by atoms with E-state index in [1.807, 2.05) is 0 Å². The van der Waals surface area contributed by atoms with Gasteiger partial charge in [-0.05, 0) is 6.42 Å². The minimum absolute atomic E-state index is 0.0421. The topological polar surface area (TPSA) is 81.2 Å². The van der Waals surface area contributed by atoms with E-state index in [2.05, 4.69) is 0 Å². The molecule has 1 aliphatic carbocycles. The highest BCUT2D eigenvalue weighted by Crippen LogP contribution is 2.41. The van der Waals surface area contributed by atoms with Crippen molar-refractivity contribution in [2.45, 2.75) is 6.42 Å². The predicted molar refractivity (Wildman–Crippen MR) is 80.0 cm³/mol. The van der Waals surface area contributed by atoms with E-state index in [1.54, 1.807) is 19.6 Å². The predicted octanol–water partition coefficient (Wildman–Crippen LogP) is -1.78. The minimum atomic E-state index is -0.200. The van der Waals surface area contributed by atoms with Crippen LogP contribution in [0.5, 0.6) is 0 Å². The van der Waals surface area contributed by atoms with Crippen LogP contribution in [0.25, 0.3) is 0 Å². The fourth-order valence-electron chi connectivity index (χ4n) is 3.31. The first-order chi connectivity index (χ1) is 11.1. The third-order valence-corrected chi connectivity index (χ3v) is 4.97. The van der Waals surface area contributed by atoms with Crippen LogP contribution >= 0.6 is 0 Å². The SMILES string of the molecule is O=CN1CCN(C(=O)C2CC2C(=O)N2CCN(C=O)CC2)CC1. The highest BCUT2D eigenvalue weighted by molar-refractivity contribution is 5.92. The van der Waals surface area contributed by atoms with E-state index in [1.165, 1.54) is 0 Å². The molecule has 2 heterocycles. The second-order valence-corrected chi connectivity index (χ2v) is 6.38. The largest absolute Gasteiger partial charge is 0.342 e. The van der Waals surface area contributed by atoms with Gasteiger partial charge in [0.15, 0.2) is 0 Å². The molecule has 0 spiro atoms. The zero-order chi connectivity index (χ0) is 16.4. The Bertz CT molecular complexity index is 452. The first-order valence-corrected chi connectivity index (χ1v) is 8.10. The second-order valence-electron chi connectivity index (χ2n) is 6.38. The van der Waals surface area contributed by atoms with Crippen molar-refractivity contribution < 1.29 is 19.2 Å². The quantitative estimate of drug-likeness (QED) is 0.573. The first-order valence-electron chi connectivity index (χ1n) is 8.10. The Balaban J connectivity index is 1.47. The summed E-state index contributed by atoms with van der Waals surface area (Å²) >= 11 is 0. The molecule has 2 atom stereocenters. The molecule has 3 fully saturated rings. The average molecular weight is 322 g/mol. The van der Waals surface area contributed by atoms with Crippen LogP contribution < -0.4 is 0 Å². The number of piperazine rings is 2. The van der Waals surface area contributed by atoms with Crippen LogP contribution in [0.2, 0.25) is 0 Å². The summed E-state index contributed by atoms with van der Waals surface area (Å²) in [6, 6.07) is 0. The molecule has 0 aromatic heterocycles. The summed E-state index contributed by atoms with van der Waals surface area (Å²) in [5, 5.41) is 0. The summed E-state index contributed by atoms with van der Waals surface area (Å²) < 4.78 is 0. The summed E-state index contributed by atoms with van der Waals surface area (Å²) in [6.07, 6.45) is 2.24. The number of nitrogens with zero attached hydrogens (tertiary/aromatic N) is 4. The number of hydrogen-bond donors (Lipinski definition) is 0. The number of carbonyl (C=O) groups is 4. The van der Waals surface area contributed by atoms with Crippen molar-refractivity contribution in [2.75, 3.05) is 52.4 Å². The summed E-state index contributed by atoms with van der Waals surface area (Å²) in [5.74, 6) is -0.315. The van der Waals surface area contributed by atoms with Gasteiger partial charge in [0.1, 0.15) is 0 Å². The molecule has 8 nitrogen and oxygen atoms in total. The van der Waals surface area contributed by atoms with Crippen LogP contribution in [0.15, 0.2) is 0 Å². The van der Waals surface area contributed by atoms with Crippen LogP contribution in [-0.4, -0.2) is 96.6 Å². The van der Waals surface area contributed by atoms with Gasteiger partial charge in [-0.1, -0.05) is 0 Å². The van der Waals surface area contributed by atoms with E-state index in [4.69, 9.17) is 0 Å². The fraction of sp³-hybridized carbons (Fsp3) is 0.733. The molecular weight excluding hydrogens is 300 g/mol. The molecule has 126 valence electrons. The molecule has 4 amide bonds. The van der Waals surface area contributed by atoms with Gasteiger partial charge in [-0.3, -0.25) is 19.2 Å². The van der Waals surface area contributed by atoms with Crippen LogP contribution in [0.4, 0.5) is 0 Å². The third-order valence-electron chi connectivity index (χ3n) is 4.97. The molecule has 2 unspecified atom stereocenters. The summed E-state index contributed by atoms with van der Waals surface area (Å²) in [4.78, 5) is 53.1. The second kappa shape index (κ2) is 6.55. The summed E-state index contributed by atoms with van der Waals surface area (Å²) in [7, 11) is 0. The zero-order valence-electron chi connectivity index (χ0n) is 13.1. The van der Waals surface area contributed by atoms with E-state index in [-0.39, 0.29) is 23.7 Å². The monoisotopic (exact) mass is 322 g/mol. The van der Waals surface area contributed by atoms with E-state index in [0.717, 1.165) is 12.8 Å². The lowest BCUT2D eigenvalue weighted by Gasteiger charge is -2.33. The Hall–Kier alpha value is -2.12. The molecule has 3 rings (SSSR count). The Labute approximate surface area is 135 Å². The zero-order valence-corrected chi connectivity index (χ0v) is 13.1. The summed E-state index contributed by atoms with van der Waals surface area (Å²) in [6.45, 7) is 4.45. The van der Waals surface area contributed by atoms with Gasteiger partial charge in [0.2, 0.25) is 24.6 Å². The van der Waals surface area contributed by atoms with E-state index >= 15 is 0 Å². The lowest BCUT2D eigenvalue weighted by atomic mass is 10.2. The Kier molecular flexibility index (Phi) is 4.49. The Morgan fingerprint density at radius 1 is 0.652 bits per heavy atom. The molecule has 1 saturated carbocycles. The Morgan fingerprint density at radius 2 is 1.00 bits per heavy atom. The molecule has 2 saturated heterocycles. The molecule has 8 heteroatoms. The summed E-state index contributed by atoms with van der Waals surface area (Å²) in [5.41, 5.74) is 0. The van der Waals surface area contributed by atoms with Gasteiger partial charge < -0.3 is 19.6 Å². The lowest BCUT2D eigenvalue weighted by Crippen LogP contribution is -2.50. The van der Waals surface area contributed by atoms with E-state index < -0.39 is 0 Å². The van der Waals surface area contributed by atoms with Gasteiger partial charge in [0.25, 0.3) is 0 Å². The number of carbonyl (C=O) groups excluding carboxylic acids is 4. The number of amides is 4.